The Morgan fingerprint density at radius 2 is 2.12 bits per heavy atom. The van der Waals surface area contributed by atoms with Crippen LogP contribution in [0.15, 0.2) is 18.2 Å². The van der Waals surface area contributed by atoms with Crippen LogP contribution in [0.3, 0.4) is 0 Å². The first kappa shape index (κ1) is 11.5. The van der Waals surface area contributed by atoms with Gasteiger partial charge < -0.3 is 5.73 Å². The number of nitrogen functional groups attached to an aromatic ring is 1. The van der Waals surface area contributed by atoms with Crippen molar-refractivity contribution in [3.8, 4) is 0 Å². The number of nitrogens with zero attached hydrogens (tertiary/aromatic N) is 1. The third kappa shape index (κ3) is 2.76. The van der Waals surface area contributed by atoms with Crippen LogP contribution in [-0.4, -0.2) is 18.0 Å². The molecule has 1 aliphatic heterocycles. The van der Waals surface area contributed by atoms with Gasteiger partial charge in [0.15, 0.2) is 0 Å². The number of hydrogen-bond donors (Lipinski definition) is 1. The highest BCUT2D eigenvalue weighted by Crippen LogP contribution is 2.21. The van der Waals surface area contributed by atoms with Crippen molar-refractivity contribution in [2.24, 2.45) is 5.92 Å². The maximum absolute atomic E-state index is 5.83. The lowest BCUT2D eigenvalue weighted by Crippen LogP contribution is -2.31. The van der Waals surface area contributed by atoms with E-state index < -0.39 is 0 Å². The fourth-order valence-corrected chi connectivity index (χ4v) is 2.27. The highest BCUT2D eigenvalue weighted by molar-refractivity contribution is 5.45. The number of nitrogens with two attached hydrogens (primary N) is 1. The summed E-state index contributed by atoms with van der Waals surface area (Å²) in [4.78, 5) is 2.54. The number of hydrogen-bond acceptors (Lipinski definition) is 2. The molecule has 0 radical (unpaired) electrons. The first-order valence-electron chi connectivity index (χ1n) is 6.25. The molecule has 2 heteroatoms. The van der Waals surface area contributed by atoms with E-state index in [1.807, 2.05) is 6.07 Å². The normalized spacial score (nSPS) is 16.4. The molecule has 0 saturated carbocycles. The van der Waals surface area contributed by atoms with E-state index in [4.69, 9.17) is 5.73 Å². The van der Waals surface area contributed by atoms with E-state index in [2.05, 4.69) is 30.9 Å². The lowest BCUT2D eigenvalue weighted by atomic mass is 9.98. The Hall–Kier alpha value is -1.02. The summed E-state index contributed by atoms with van der Waals surface area (Å²) >= 11 is 0. The maximum Gasteiger partial charge on any atom is 0.0317 e. The molecule has 1 aromatic carbocycles. The summed E-state index contributed by atoms with van der Waals surface area (Å²) in [5.41, 5.74) is 9.63. The quantitative estimate of drug-likeness (QED) is 0.790. The molecule has 1 heterocycles. The molecule has 0 spiro atoms. The molecule has 1 aromatic rings. The average Bonchev–Trinajstić information content (AvgIpc) is 2.25. The summed E-state index contributed by atoms with van der Waals surface area (Å²) in [6.45, 7) is 8.06. The van der Waals surface area contributed by atoms with Crippen molar-refractivity contribution in [1.29, 1.82) is 0 Å². The molecule has 0 saturated heterocycles. The third-order valence-corrected chi connectivity index (χ3v) is 3.34. The van der Waals surface area contributed by atoms with Gasteiger partial charge in [-0.3, -0.25) is 4.90 Å². The zero-order valence-electron chi connectivity index (χ0n) is 10.4. The Labute approximate surface area is 98.4 Å². The topological polar surface area (TPSA) is 29.3 Å². The molecular formula is C14H22N2. The van der Waals surface area contributed by atoms with Gasteiger partial charge in [0.25, 0.3) is 0 Å². The molecule has 0 bridgehead atoms. The number of benzene rings is 1. The fraction of sp³-hybridized carbons (Fsp3) is 0.571. The summed E-state index contributed by atoms with van der Waals surface area (Å²) in [7, 11) is 0. The predicted octanol–water partition coefficient (Wildman–Crippen LogP) is 2.67. The van der Waals surface area contributed by atoms with Crippen molar-refractivity contribution in [2.75, 3.05) is 18.8 Å². The van der Waals surface area contributed by atoms with Crippen molar-refractivity contribution in [2.45, 2.75) is 33.2 Å². The summed E-state index contributed by atoms with van der Waals surface area (Å²) in [5.74, 6) is 0.794. The molecular weight excluding hydrogens is 196 g/mol. The second-order valence-corrected chi connectivity index (χ2v) is 5.24. The van der Waals surface area contributed by atoms with E-state index in [9.17, 15) is 0 Å². The standard InChI is InChI=1S/C14H22N2/c1-11(2)5-7-16-8-6-12-3-4-14(15)9-13(12)10-16/h3-4,9,11H,5-8,10,15H2,1-2H3. The minimum absolute atomic E-state index is 0.794. The highest BCUT2D eigenvalue weighted by Gasteiger charge is 2.15. The van der Waals surface area contributed by atoms with Gasteiger partial charge in [-0.05, 0) is 48.6 Å². The highest BCUT2D eigenvalue weighted by atomic mass is 15.1. The number of rotatable bonds is 3. The first-order chi connectivity index (χ1) is 7.65. The number of fused-ring (bicyclic) bond motifs is 1. The fourth-order valence-electron chi connectivity index (χ4n) is 2.27. The van der Waals surface area contributed by atoms with Gasteiger partial charge in [0, 0.05) is 18.8 Å². The molecule has 2 N–H and O–H groups in total. The Bertz CT molecular complexity index is 358. The van der Waals surface area contributed by atoms with Crippen LogP contribution in [-0.2, 0) is 13.0 Å². The molecule has 0 aromatic heterocycles. The average molecular weight is 218 g/mol. The molecule has 2 rings (SSSR count). The van der Waals surface area contributed by atoms with Gasteiger partial charge in [0.1, 0.15) is 0 Å². The molecule has 0 unspecified atom stereocenters. The van der Waals surface area contributed by atoms with Crippen molar-refractivity contribution >= 4 is 5.69 Å². The maximum atomic E-state index is 5.83. The molecule has 0 fully saturated rings. The zero-order chi connectivity index (χ0) is 11.5. The van der Waals surface area contributed by atoms with Crippen molar-refractivity contribution in [1.82, 2.24) is 4.90 Å². The lowest BCUT2D eigenvalue weighted by Gasteiger charge is -2.29. The van der Waals surface area contributed by atoms with Crippen LogP contribution < -0.4 is 5.73 Å². The van der Waals surface area contributed by atoms with E-state index in [0.717, 1.165) is 18.2 Å². The Morgan fingerprint density at radius 3 is 2.88 bits per heavy atom. The molecule has 88 valence electrons. The van der Waals surface area contributed by atoms with Crippen molar-refractivity contribution in [3.05, 3.63) is 29.3 Å². The molecule has 16 heavy (non-hydrogen) atoms. The molecule has 1 aliphatic rings. The molecule has 0 aliphatic carbocycles. The van der Waals surface area contributed by atoms with E-state index in [1.54, 1.807) is 0 Å². The smallest absolute Gasteiger partial charge is 0.0317 e. The van der Waals surface area contributed by atoms with Crippen LogP contribution in [0.1, 0.15) is 31.4 Å². The largest absolute Gasteiger partial charge is 0.399 e. The third-order valence-electron chi connectivity index (χ3n) is 3.34. The van der Waals surface area contributed by atoms with E-state index in [0.29, 0.717) is 0 Å². The molecule has 0 amide bonds. The lowest BCUT2D eigenvalue weighted by molar-refractivity contribution is 0.239. The van der Waals surface area contributed by atoms with Gasteiger partial charge in [-0.25, -0.2) is 0 Å². The second kappa shape index (κ2) is 4.88. The Balaban J connectivity index is 1.99. The van der Waals surface area contributed by atoms with Gasteiger partial charge >= 0.3 is 0 Å². The van der Waals surface area contributed by atoms with Crippen LogP contribution in [0.5, 0.6) is 0 Å². The summed E-state index contributed by atoms with van der Waals surface area (Å²) in [6.07, 6.45) is 2.46. The Morgan fingerprint density at radius 1 is 1.31 bits per heavy atom. The minimum Gasteiger partial charge on any atom is -0.399 e. The van der Waals surface area contributed by atoms with Crippen LogP contribution in [0.25, 0.3) is 0 Å². The van der Waals surface area contributed by atoms with Crippen molar-refractivity contribution in [3.63, 3.8) is 0 Å². The van der Waals surface area contributed by atoms with E-state index in [1.165, 1.54) is 37.1 Å². The van der Waals surface area contributed by atoms with Crippen LogP contribution in [0.2, 0.25) is 0 Å². The predicted molar refractivity (Wildman–Crippen MR) is 69.3 cm³/mol. The van der Waals surface area contributed by atoms with Gasteiger partial charge in [-0.15, -0.1) is 0 Å². The van der Waals surface area contributed by atoms with Crippen LogP contribution >= 0.6 is 0 Å². The van der Waals surface area contributed by atoms with Crippen molar-refractivity contribution < 1.29 is 0 Å². The van der Waals surface area contributed by atoms with E-state index in [-0.39, 0.29) is 0 Å². The summed E-state index contributed by atoms with van der Waals surface area (Å²) < 4.78 is 0. The van der Waals surface area contributed by atoms with Crippen LogP contribution in [0.4, 0.5) is 5.69 Å². The summed E-state index contributed by atoms with van der Waals surface area (Å²) in [6, 6.07) is 6.34. The molecule has 2 nitrogen and oxygen atoms in total. The van der Waals surface area contributed by atoms with E-state index >= 15 is 0 Å². The zero-order valence-corrected chi connectivity index (χ0v) is 10.4. The second-order valence-electron chi connectivity index (χ2n) is 5.24. The van der Waals surface area contributed by atoms with Gasteiger partial charge in [0.05, 0.1) is 0 Å². The van der Waals surface area contributed by atoms with Crippen LogP contribution in [0, 0.1) is 5.92 Å². The first-order valence-corrected chi connectivity index (χ1v) is 6.25. The van der Waals surface area contributed by atoms with Gasteiger partial charge in [-0.1, -0.05) is 19.9 Å². The number of anilines is 1. The SMILES string of the molecule is CC(C)CCN1CCc2ccc(N)cc2C1. The minimum atomic E-state index is 0.794. The Kier molecular flexibility index (Phi) is 3.49. The van der Waals surface area contributed by atoms with Gasteiger partial charge in [-0.2, -0.15) is 0 Å². The molecule has 0 atom stereocenters. The summed E-state index contributed by atoms with van der Waals surface area (Å²) in [5, 5.41) is 0. The monoisotopic (exact) mass is 218 g/mol. The van der Waals surface area contributed by atoms with Gasteiger partial charge in [0.2, 0.25) is 0 Å².